The standard InChI is InChI=1S/C13H19N3O5/c1-16-10(17)5-4-8(12(16)20)14-13(21)15-9(6-11(18)19)7-2-3-7/h7-9H,2-6H2,1H3,(H,18,19)(H2,14,15,21). The third kappa shape index (κ3) is 3.93. The van der Waals surface area contributed by atoms with E-state index < -0.39 is 30.0 Å². The third-order valence-corrected chi connectivity index (χ3v) is 3.86. The lowest BCUT2D eigenvalue weighted by Gasteiger charge is -2.28. The van der Waals surface area contributed by atoms with Crippen LogP contribution in [0, 0.1) is 5.92 Å². The number of imide groups is 1. The van der Waals surface area contributed by atoms with Crippen molar-refractivity contribution >= 4 is 23.8 Å². The number of carboxylic acid groups (broad SMARTS) is 1. The zero-order valence-electron chi connectivity index (χ0n) is 11.8. The molecule has 0 aromatic carbocycles. The zero-order chi connectivity index (χ0) is 15.6. The lowest BCUT2D eigenvalue weighted by Crippen LogP contribution is -2.56. The number of likely N-dealkylation sites (tertiary alicyclic amines) is 1. The second kappa shape index (κ2) is 6.11. The summed E-state index contributed by atoms with van der Waals surface area (Å²) >= 11 is 0. The molecule has 1 aliphatic carbocycles. The molecule has 1 heterocycles. The van der Waals surface area contributed by atoms with Crippen LogP contribution >= 0.6 is 0 Å². The summed E-state index contributed by atoms with van der Waals surface area (Å²) in [4.78, 5) is 46.9. The van der Waals surface area contributed by atoms with E-state index in [1.165, 1.54) is 7.05 Å². The molecule has 1 saturated heterocycles. The molecular formula is C13H19N3O5. The Bertz CT molecular complexity index is 474. The van der Waals surface area contributed by atoms with Gasteiger partial charge in [0.15, 0.2) is 0 Å². The number of rotatable bonds is 5. The van der Waals surface area contributed by atoms with E-state index in [0.717, 1.165) is 17.7 Å². The van der Waals surface area contributed by atoms with Gasteiger partial charge in [-0.1, -0.05) is 0 Å². The summed E-state index contributed by atoms with van der Waals surface area (Å²) in [5.41, 5.74) is 0. The topological polar surface area (TPSA) is 116 Å². The van der Waals surface area contributed by atoms with Gasteiger partial charge in [-0.05, 0) is 25.2 Å². The summed E-state index contributed by atoms with van der Waals surface area (Å²) < 4.78 is 0. The van der Waals surface area contributed by atoms with Crippen LogP contribution in [0.25, 0.3) is 0 Å². The van der Waals surface area contributed by atoms with Gasteiger partial charge in [0.05, 0.1) is 6.42 Å². The number of nitrogens with zero attached hydrogens (tertiary/aromatic N) is 1. The summed E-state index contributed by atoms with van der Waals surface area (Å²) in [5, 5.41) is 14.0. The molecule has 2 unspecified atom stereocenters. The van der Waals surface area contributed by atoms with Gasteiger partial charge < -0.3 is 15.7 Å². The molecule has 8 nitrogen and oxygen atoms in total. The van der Waals surface area contributed by atoms with E-state index in [1.807, 2.05) is 0 Å². The molecule has 0 spiro atoms. The largest absolute Gasteiger partial charge is 0.481 e. The summed E-state index contributed by atoms with van der Waals surface area (Å²) in [6, 6.07) is -1.72. The van der Waals surface area contributed by atoms with Crippen LogP contribution in [0.2, 0.25) is 0 Å². The van der Waals surface area contributed by atoms with Gasteiger partial charge in [-0.3, -0.25) is 19.3 Å². The average Bonchev–Trinajstić information content (AvgIpc) is 3.22. The molecule has 2 atom stereocenters. The molecule has 0 radical (unpaired) electrons. The van der Waals surface area contributed by atoms with E-state index in [4.69, 9.17) is 5.11 Å². The van der Waals surface area contributed by atoms with Crippen molar-refractivity contribution in [1.29, 1.82) is 0 Å². The first-order valence-electron chi connectivity index (χ1n) is 6.97. The quantitative estimate of drug-likeness (QED) is 0.602. The first kappa shape index (κ1) is 15.3. The number of piperidine rings is 1. The maximum Gasteiger partial charge on any atom is 0.315 e. The number of carbonyl (C=O) groups is 4. The Labute approximate surface area is 121 Å². The lowest BCUT2D eigenvalue weighted by molar-refractivity contribution is -0.148. The smallest absolute Gasteiger partial charge is 0.315 e. The number of hydrogen-bond donors (Lipinski definition) is 3. The Balaban J connectivity index is 1.87. The summed E-state index contributed by atoms with van der Waals surface area (Å²) in [6.07, 6.45) is 2.14. The number of amides is 4. The van der Waals surface area contributed by atoms with Gasteiger partial charge in [0.1, 0.15) is 6.04 Å². The number of nitrogens with one attached hydrogen (secondary N) is 2. The number of likely N-dealkylation sites (N-methyl/N-ethyl adjacent to an activating group) is 1. The Morgan fingerprint density at radius 1 is 1.33 bits per heavy atom. The van der Waals surface area contributed by atoms with Crippen LogP contribution < -0.4 is 10.6 Å². The van der Waals surface area contributed by atoms with Crippen LogP contribution in [0.1, 0.15) is 32.1 Å². The summed E-state index contributed by atoms with van der Waals surface area (Å²) in [5.74, 6) is -1.48. The molecule has 116 valence electrons. The van der Waals surface area contributed by atoms with Gasteiger partial charge in [-0.25, -0.2) is 4.79 Å². The van der Waals surface area contributed by atoms with E-state index >= 15 is 0 Å². The van der Waals surface area contributed by atoms with Crippen LogP contribution in [-0.2, 0) is 14.4 Å². The molecular weight excluding hydrogens is 278 g/mol. The Morgan fingerprint density at radius 2 is 2.00 bits per heavy atom. The first-order valence-corrected chi connectivity index (χ1v) is 6.97. The molecule has 0 aromatic heterocycles. The molecule has 2 rings (SSSR count). The summed E-state index contributed by atoms with van der Waals surface area (Å²) in [6.45, 7) is 0. The molecule has 0 bridgehead atoms. The monoisotopic (exact) mass is 297 g/mol. The van der Waals surface area contributed by atoms with Crippen LogP contribution in [0.15, 0.2) is 0 Å². The summed E-state index contributed by atoms with van der Waals surface area (Å²) in [7, 11) is 1.38. The van der Waals surface area contributed by atoms with Crippen molar-refractivity contribution in [2.24, 2.45) is 5.92 Å². The van der Waals surface area contributed by atoms with Gasteiger partial charge in [0.2, 0.25) is 5.91 Å². The Hall–Kier alpha value is -2.12. The van der Waals surface area contributed by atoms with E-state index in [0.29, 0.717) is 0 Å². The SMILES string of the molecule is CN1C(=O)CCC(NC(=O)NC(CC(=O)O)C2CC2)C1=O. The normalized spacial score (nSPS) is 23.7. The minimum absolute atomic E-state index is 0.130. The average molecular weight is 297 g/mol. The number of hydrogen-bond acceptors (Lipinski definition) is 4. The van der Waals surface area contributed by atoms with E-state index in [9.17, 15) is 19.2 Å². The fourth-order valence-corrected chi connectivity index (χ4v) is 2.44. The second-order valence-electron chi connectivity index (χ2n) is 5.54. The van der Waals surface area contributed by atoms with Crippen molar-refractivity contribution in [1.82, 2.24) is 15.5 Å². The Morgan fingerprint density at radius 3 is 2.57 bits per heavy atom. The van der Waals surface area contributed by atoms with Crippen molar-refractivity contribution in [3.63, 3.8) is 0 Å². The highest BCUT2D eigenvalue weighted by Gasteiger charge is 2.36. The lowest BCUT2D eigenvalue weighted by atomic mass is 10.0. The van der Waals surface area contributed by atoms with Crippen molar-refractivity contribution in [3.05, 3.63) is 0 Å². The van der Waals surface area contributed by atoms with Crippen molar-refractivity contribution in [3.8, 4) is 0 Å². The fourth-order valence-electron chi connectivity index (χ4n) is 2.44. The van der Waals surface area contributed by atoms with Gasteiger partial charge in [-0.15, -0.1) is 0 Å². The van der Waals surface area contributed by atoms with Gasteiger partial charge in [0, 0.05) is 19.5 Å². The van der Waals surface area contributed by atoms with Crippen molar-refractivity contribution in [2.75, 3.05) is 7.05 Å². The van der Waals surface area contributed by atoms with Crippen LogP contribution in [0.5, 0.6) is 0 Å². The van der Waals surface area contributed by atoms with Gasteiger partial charge in [0.25, 0.3) is 5.91 Å². The van der Waals surface area contributed by atoms with Gasteiger partial charge >= 0.3 is 12.0 Å². The van der Waals surface area contributed by atoms with Crippen molar-refractivity contribution in [2.45, 2.75) is 44.2 Å². The molecule has 3 N–H and O–H groups in total. The van der Waals surface area contributed by atoms with E-state index in [2.05, 4.69) is 10.6 Å². The Kier molecular flexibility index (Phi) is 4.44. The molecule has 0 aromatic rings. The predicted molar refractivity (Wildman–Crippen MR) is 71.2 cm³/mol. The highest BCUT2D eigenvalue weighted by Crippen LogP contribution is 2.34. The van der Waals surface area contributed by atoms with E-state index in [1.54, 1.807) is 0 Å². The van der Waals surface area contributed by atoms with Crippen LogP contribution in [0.4, 0.5) is 4.79 Å². The highest BCUT2D eigenvalue weighted by atomic mass is 16.4. The molecule has 21 heavy (non-hydrogen) atoms. The first-order chi connectivity index (χ1) is 9.88. The molecule has 2 aliphatic rings. The minimum Gasteiger partial charge on any atom is -0.481 e. The second-order valence-corrected chi connectivity index (χ2v) is 5.54. The van der Waals surface area contributed by atoms with Crippen LogP contribution in [0.3, 0.4) is 0 Å². The highest BCUT2D eigenvalue weighted by molar-refractivity contribution is 6.01. The molecule has 8 heteroatoms. The fraction of sp³-hybridized carbons (Fsp3) is 0.692. The molecule has 1 saturated carbocycles. The van der Waals surface area contributed by atoms with Crippen molar-refractivity contribution < 1.29 is 24.3 Å². The predicted octanol–water partition coefficient (Wildman–Crippen LogP) is -0.314. The number of carbonyl (C=O) groups excluding carboxylic acids is 3. The molecule has 2 fully saturated rings. The number of carboxylic acids is 1. The number of aliphatic carboxylic acids is 1. The maximum absolute atomic E-state index is 11.9. The molecule has 4 amide bonds. The van der Waals surface area contributed by atoms with Crippen LogP contribution in [-0.4, -0.2) is 53.0 Å². The van der Waals surface area contributed by atoms with E-state index in [-0.39, 0.29) is 31.1 Å². The minimum atomic E-state index is -0.966. The zero-order valence-corrected chi connectivity index (χ0v) is 11.8. The van der Waals surface area contributed by atoms with Gasteiger partial charge in [-0.2, -0.15) is 0 Å². The number of urea groups is 1. The third-order valence-electron chi connectivity index (χ3n) is 3.86. The molecule has 1 aliphatic heterocycles. The maximum atomic E-state index is 11.9.